The van der Waals surface area contributed by atoms with Crippen molar-refractivity contribution >= 4 is 11.6 Å². The Bertz CT molecular complexity index is 926. The monoisotopic (exact) mass is 356 g/mol. The number of aromatic nitrogens is 5. The second kappa shape index (κ2) is 6.83. The Hall–Kier alpha value is -2.81. The van der Waals surface area contributed by atoms with E-state index in [-0.39, 0.29) is 18.2 Å². The molecule has 0 saturated carbocycles. The summed E-state index contributed by atoms with van der Waals surface area (Å²) in [6, 6.07) is 3.68. The molecule has 0 unspecified atom stereocenters. The lowest BCUT2D eigenvalue weighted by Gasteiger charge is -2.26. The summed E-state index contributed by atoms with van der Waals surface area (Å²) >= 11 is 0. The average Bonchev–Trinajstić information content (AvgIpc) is 3.30. The lowest BCUT2D eigenvalue weighted by atomic mass is 10.2. The molecule has 4 heterocycles. The van der Waals surface area contributed by atoms with Crippen LogP contribution >= 0.6 is 0 Å². The minimum Gasteiger partial charge on any atom is -0.378 e. The number of carbonyl (C=O) groups excluding carboxylic acids is 1. The number of hydrogen-bond acceptors (Lipinski definition) is 7. The number of fused-ring (bicyclic) bond motifs is 1. The standard InChI is InChI=1S/C17H20N6O3/c1-11(2)16-18-17(26-21-16)12-3-4-23-13(9-12)19-20-14(23)10-15(24)22-5-7-25-8-6-22/h3-4,9,11H,5-8,10H2,1-2H3. The van der Waals surface area contributed by atoms with Gasteiger partial charge >= 0.3 is 0 Å². The first-order chi connectivity index (χ1) is 12.6. The van der Waals surface area contributed by atoms with Crippen LogP contribution in [0, 0.1) is 0 Å². The summed E-state index contributed by atoms with van der Waals surface area (Å²) in [6.07, 6.45) is 2.03. The van der Waals surface area contributed by atoms with E-state index in [0.717, 1.165) is 5.56 Å². The second-order valence-electron chi connectivity index (χ2n) is 6.54. The SMILES string of the molecule is CC(C)c1noc(-c2ccn3c(CC(=O)N4CCOCC4)nnc3c2)n1. The van der Waals surface area contributed by atoms with E-state index >= 15 is 0 Å². The Morgan fingerprint density at radius 2 is 2.08 bits per heavy atom. The highest BCUT2D eigenvalue weighted by Gasteiger charge is 2.20. The zero-order valence-corrected chi connectivity index (χ0v) is 14.8. The molecule has 3 aromatic heterocycles. The van der Waals surface area contributed by atoms with Gasteiger partial charge in [0.15, 0.2) is 11.5 Å². The van der Waals surface area contributed by atoms with Gasteiger partial charge in [0, 0.05) is 30.8 Å². The second-order valence-corrected chi connectivity index (χ2v) is 6.54. The van der Waals surface area contributed by atoms with Crippen molar-refractivity contribution in [2.75, 3.05) is 26.3 Å². The number of morpholine rings is 1. The fourth-order valence-corrected chi connectivity index (χ4v) is 2.84. The highest BCUT2D eigenvalue weighted by molar-refractivity contribution is 5.78. The Morgan fingerprint density at radius 1 is 1.27 bits per heavy atom. The molecule has 0 N–H and O–H groups in total. The van der Waals surface area contributed by atoms with E-state index in [4.69, 9.17) is 9.26 Å². The predicted molar refractivity (Wildman–Crippen MR) is 91.5 cm³/mol. The minimum absolute atomic E-state index is 0.0325. The van der Waals surface area contributed by atoms with Crippen LogP contribution in [0.4, 0.5) is 0 Å². The highest BCUT2D eigenvalue weighted by Crippen LogP contribution is 2.21. The van der Waals surface area contributed by atoms with Crippen LogP contribution in [0.1, 0.15) is 31.4 Å². The van der Waals surface area contributed by atoms with Crippen molar-refractivity contribution in [1.82, 2.24) is 29.6 Å². The first kappa shape index (κ1) is 16.6. The Morgan fingerprint density at radius 3 is 2.81 bits per heavy atom. The molecule has 3 aromatic rings. The Kier molecular flexibility index (Phi) is 4.37. The van der Waals surface area contributed by atoms with E-state index in [1.54, 1.807) is 4.90 Å². The first-order valence-corrected chi connectivity index (χ1v) is 8.65. The van der Waals surface area contributed by atoms with Crippen molar-refractivity contribution in [1.29, 1.82) is 0 Å². The van der Waals surface area contributed by atoms with E-state index in [1.807, 2.05) is 36.6 Å². The maximum Gasteiger partial charge on any atom is 0.258 e. The van der Waals surface area contributed by atoms with Gasteiger partial charge in [-0.2, -0.15) is 4.98 Å². The number of rotatable bonds is 4. The molecule has 1 aliphatic rings. The quantitative estimate of drug-likeness (QED) is 0.695. The van der Waals surface area contributed by atoms with Crippen LogP contribution in [-0.4, -0.2) is 61.8 Å². The van der Waals surface area contributed by atoms with Gasteiger partial charge in [0.2, 0.25) is 5.91 Å². The van der Waals surface area contributed by atoms with Gasteiger partial charge in [-0.15, -0.1) is 10.2 Å². The van der Waals surface area contributed by atoms with Gasteiger partial charge in [0.1, 0.15) is 5.82 Å². The van der Waals surface area contributed by atoms with Crippen LogP contribution < -0.4 is 0 Å². The van der Waals surface area contributed by atoms with Crippen LogP contribution in [0.2, 0.25) is 0 Å². The van der Waals surface area contributed by atoms with Gasteiger partial charge in [-0.05, 0) is 12.1 Å². The molecule has 0 aromatic carbocycles. The summed E-state index contributed by atoms with van der Waals surface area (Å²) in [6.45, 7) is 6.42. The van der Waals surface area contributed by atoms with Crippen LogP contribution in [0.25, 0.3) is 17.1 Å². The molecule has 1 aliphatic heterocycles. The maximum absolute atomic E-state index is 12.4. The van der Waals surface area contributed by atoms with Crippen molar-refractivity contribution in [3.63, 3.8) is 0 Å². The summed E-state index contributed by atoms with van der Waals surface area (Å²) in [5, 5.41) is 12.3. The molecule has 0 spiro atoms. The van der Waals surface area contributed by atoms with Gasteiger partial charge in [0.25, 0.3) is 5.89 Å². The molecule has 4 rings (SSSR count). The zero-order valence-electron chi connectivity index (χ0n) is 14.8. The Labute approximate surface area is 150 Å². The van der Waals surface area contributed by atoms with E-state index < -0.39 is 0 Å². The summed E-state index contributed by atoms with van der Waals surface area (Å²) in [5.74, 6) is 1.95. The number of carbonyl (C=O) groups is 1. The topological polar surface area (TPSA) is 98.7 Å². The summed E-state index contributed by atoms with van der Waals surface area (Å²) in [7, 11) is 0. The van der Waals surface area contributed by atoms with E-state index in [2.05, 4.69) is 20.3 Å². The summed E-state index contributed by atoms with van der Waals surface area (Å²) in [5.41, 5.74) is 1.41. The molecule has 0 radical (unpaired) electrons. The molecule has 9 nitrogen and oxygen atoms in total. The number of amides is 1. The van der Waals surface area contributed by atoms with Gasteiger partial charge < -0.3 is 14.2 Å². The molecule has 1 saturated heterocycles. The van der Waals surface area contributed by atoms with Gasteiger partial charge in [-0.25, -0.2) is 0 Å². The Balaban J connectivity index is 1.56. The molecule has 0 bridgehead atoms. The fraction of sp³-hybridized carbons (Fsp3) is 0.471. The largest absolute Gasteiger partial charge is 0.378 e. The van der Waals surface area contributed by atoms with Crippen molar-refractivity contribution in [2.45, 2.75) is 26.2 Å². The lowest BCUT2D eigenvalue weighted by Crippen LogP contribution is -2.41. The smallest absolute Gasteiger partial charge is 0.258 e. The van der Waals surface area contributed by atoms with Crippen molar-refractivity contribution in [3.05, 3.63) is 30.0 Å². The highest BCUT2D eigenvalue weighted by atomic mass is 16.5. The number of nitrogens with zero attached hydrogens (tertiary/aromatic N) is 6. The molecule has 1 fully saturated rings. The predicted octanol–water partition coefficient (Wildman–Crippen LogP) is 1.30. The molecular formula is C17H20N6O3. The van der Waals surface area contributed by atoms with E-state index in [0.29, 0.717) is 49.5 Å². The maximum atomic E-state index is 12.4. The number of ether oxygens (including phenoxy) is 1. The fourth-order valence-electron chi connectivity index (χ4n) is 2.84. The molecule has 9 heteroatoms. The van der Waals surface area contributed by atoms with Gasteiger partial charge in [0.05, 0.1) is 19.6 Å². The van der Waals surface area contributed by atoms with Crippen molar-refractivity contribution < 1.29 is 14.1 Å². The molecular weight excluding hydrogens is 336 g/mol. The number of pyridine rings is 1. The van der Waals surface area contributed by atoms with E-state index in [1.165, 1.54) is 0 Å². The van der Waals surface area contributed by atoms with Crippen LogP contribution in [-0.2, 0) is 16.0 Å². The molecule has 0 atom stereocenters. The normalized spacial score (nSPS) is 15.1. The van der Waals surface area contributed by atoms with Crippen LogP contribution in [0.3, 0.4) is 0 Å². The number of hydrogen-bond donors (Lipinski definition) is 0. The molecule has 136 valence electrons. The summed E-state index contributed by atoms with van der Waals surface area (Å²) in [4.78, 5) is 18.6. The first-order valence-electron chi connectivity index (χ1n) is 8.65. The van der Waals surface area contributed by atoms with Gasteiger partial charge in [-0.3, -0.25) is 9.20 Å². The zero-order chi connectivity index (χ0) is 18.1. The van der Waals surface area contributed by atoms with E-state index in [9.17, 15) is 4.79 Å². The van der Waals surface area contributed by atoms with Crippen molar-refractivity contribution in [3.8, 4) is 11.5 Å². The van der Waals surface area contributed by atoms with Gasteiger partial charge in [-0.1, -0.05) is 19.0 Å². The van der Waals surface area contributed by atoms with Crippen molar-refractivity contribution in [2.24, 2.45) is 0 Å². The molecule has 26 heavy (non-hydrogen) atoms. The third-order valence-corrected chi connectivity index (χ3v) is 4.36. The van der Waals surface area contributed by atoms with Crippen LogP contribution in [0.15, 0.2) is 22.9 Å². The molecule has 0 aliphatic carbocycles. The average molecular weight is 356 g/mol. The minimum atomic E-state index is 0.0325. The third kappa shape index (κ3) is 3.17. The lowest BCUT2D eigenvalue weighted by molar-refractivity contribution is -0.134. The van der Waals surface area contributed by atoms with Crippen LogP contribution in [0.5, 0.6) is 0 Å². The summed E-state index contributed by atoms with van der Waals surface area (Å²) < 4.78 is 12.4. The molecule has 1 amide bonds. The third-order valence-electron chi connectivity index (χ3n) is 4.36.